The molecule has 88 valence electrons. The van der Waals surface area contributed by atoms with Crippen molar-refractivity contribution in [2.45, 2.75) is 13.3 Å². The van der Waals surface area contributed by atoms with E-state index >= 15 is 0 Å². The average molecular weight is 249 g/mol. The van der Waals surface area contributed by atoms with Crippen LogP contribution in [0, 0.1) is 11.8 Å². The fourth-order valence-electron chi connectivity index (χ4n) is 1.26. The van der Waals surface area contributed by atoms with E-state index in [0.29, 0.717) is 17.0 Å². The molecule has 0 bridgehead atoms. The first-order valence-electron chi connectivity index (χ1n) is 5.11. The van der Waals surface area contributed by atoms with Crippen LogP contribution in [-0.2, 0) is 9.53 Å². The second kappa shape index (κ2) is 6.78. The number of carbonyl (C=O) groups excluding carboxylic acids is 1. The summed E-state index contributed by atoms with van der Waals surface area (Å²) >= 11 is 5.79. The van der Waals surface area contributed by atoms with Gasteiger partial charge in [0.15, 0.2) is 0 Å². The Hall–Kier alpha value is -1.72. The van der Waals surface area contributed by atoms with E-state index in [2.05, 4.69) is 11.8 Å². The van der Waals surface area contributed by atoms with E-state index in [9.17, 15) is 4.79 Å². The minimum absolute atomic E-state index is 0.359. The van der Waals surface area contributed by atoms with Crippen LogP contribution in [0.15, 0.2) is 29.8 Å². The molecule has 1 aromatic rings. The number of rotatable bonds is 3. The van der Waals surface area contributed by atoms with Gasteiger partial charge < -0.3 is 4.74 Å². The van der Waals surface area contributed by atoms with Crippen molar-refractivity contribution >= 4 is 23.6 Å². The molecule has 0 aromatic heterocycles. The zero-order valence-corrected chi connectivity index (χ0v) is 10.5. The van der Waals surface area contributed by atoms with Gasteiger partial charge in [-0.3, -0.25) is 0 Å². The van der Waals surface area contributed by atoms with Gasteiger partial charge in [0.25, 0.3) is 0 Å². The number of esters is 1. The number of halogens is 1. The Morgan fingerprint density at radius 3 is 2.59 bits per heavy atom. The lowest BCUT2D eigenvalue weighted by atomic mass is 10.1. The number of hydrogen-bond donors (Lipinski definition) is 0. The highest BCUT2D eigenvalue weighted by Gasteiger charge is 2.07. The first-order chi connectivity index (χ1) is 8.17. The number of methoxy groups -OCH3 is 1. The lowest BCUT2D eigenvalue weighted by Crippen LogP contribution is -2.04. The summed E-state index contributed by atoms with van der Waals surface area (Å²) < 4.78 is 4.70. The Morgan fingerprint density at radius 1 is 1.41 bits per heavy atom. The summed E-state index contributed by atoms with van der Waals surface area (Å²) in [5, 5.41) is 0.662. The summed E-state index contributed by atoms with van der Waals surface area (Å²) in [4.78, 5) is 11.5. The molecule has 0 aliphatic rings. The Kier molecular flexibility index (Phi) is 5.32. The van der Waals surface area contributed by atoms with E-state index in [1.807, 2.05) is 12.1 Å². The zero-order chi connectivity index (χ0) is 12.7. The summed E-state index contributed by atoms with van der Waals surface area (Å²) in [5.41, 5.74) is 1.43. The SMILES string of the molecule is CC#CC/C(=C/c1ccc(Cl)cc1)C(=O)OC. The van der Waals surface area contributed by atoms with E-state index < -0.39 is 0 Å². The highest BCUT2D eigenvalue weighted by molar-refractivity contribution is 6.30. The second-order valence-corrected chi connectivity index (χ2v) is 3.75. The highest BCUT2D eigenvalue weighted by atomic mass is 35.5. The summed E-state index contributed by atoms with van der Waals surface area (Å²) in [6.07, 6.45) is 2.14. The minimum atomic E-state index is -0.359. The maximum Gasteiger partial charge on any atom is 0.334 e. The molecule has 0 radical (unpaired) electrons. The first kappa shape index (κ1) is 13.3. The second-order valence-electron chi connectivity index (χ2n) is 3.32. The van der Waals surface area contributed by atoms with Gasteiger partial charge in [0, 0.05) is 17.0 Å². The van der Waals surface area contributed by atoms with E-state index in [0.717, 1.165) is 5.56 Å². The van der Waals surface area contributed by atoms with Crippen molar-refractivity contribution in [1.82, 2.24) is 0 Å². The maximum atomic E-state index is 11.5. The summed E-state index contributed by atoms with van der Waals surface area (Å²) in [6.45, 7) is 1.73. The zero-order valence-electron chi connectivity index (χ0n) is 9.79. The smallest absolute Gasteiger partial charge is 0.334 e. The van der Waals surface area contributed by atoms with Crippen molar-refractivity contribution < 1.29 is 9.53 Å². The average Bonchev–Trinajstić information content (AvgIpc) is 2.36. The molecule has 2 nitrogen and oxygen atoms in total. The van der Waals surface area contributed by atoms with Crippen LogP contribution in [0.25, 0.3) is 6.08 Å². The molecule has 0 heterocycles. The van der Waals surface area contributed by atoms with Crippen LogP contribution < -0.4 is 0 Å². The van der Waals surface area contributed by atoms with Crippen molar-refractivity contribution in [2.24, 2.45) is 0 Å². The lowest BCUT2D eigenvalue weighted by Gasteiger charge is -2.02. The number of benzene rings is 1. The van der Waals surface area contributed by atoms with Crippen molar-refractivity contribution in [1.29, 1.82) is 0 Å². The summed E-state index contributed by atoms with van der Waals surface area (Å²) in [7, 11) is 1.36. The lowest BCUT2D eigenvalue weighted by molar-refractivity contribution is -0.136. The van der Waals surface area contributed by atoms with Gasteiger partial charge in [-0.15, -0.1) is 5.92 Å². The maximum absolute atomic E-state index is 11.5. The molecule has 17 heavy (non-hydrogen) atoms. The van der Waals surface area contributed by atoms with E-state index in [4.69, 9.17) is 16.3 Å². The third kappa shape index (κ3) is 4.34. The third-order valence-corrected chi connectivity index (χ3v) is 2.37. The number of hydrogen-bond acceptors (Lipinski definition) is 2. The molecule has 0 saturated heterocycles. The Balaban J connectivity index is 2.98. The van der Waals surface area contributed by atoms with E-state index in [-0.39, 0.29) is 5.97 Å². The van der Waals surface area contributed by atoms with Gasteiger partial charge in [-0.05, 0) is 30.7 Å². The molecule has 0 amide bonds. The van der Waals surface area contributed by atoms with Gasteiger partial charge in [0.1, 0.15) is 0 Å². The van der Waals surface area contributed by atoms with Crippen molar-refractivity contribution in [3.05, 3.63) is 40.4 Å². The normalized spacial score (nSPS) is 10.4. The quantitative estimate of drug-likeness (QED) is 0.466. The molecule has 0 atom stereocenters. The molecule has 0 spiro atoms. The fraction of sp³-hybridized carbons (Fsp3) is 0.214. The molecule has 0 aliphatic heterocycles. The Labute approximate surface area is 106 Å². The molecule has 1 rings (SSSR count). The topological polar surface area (TPSA) is 26.3 Å². The fourth-order valence-corrected chi connectivity index (χ4v) is 1.38. The Bertz CT molecular complexity index is 475. The van der Waals surface area contributed by atoms with E-state index in [1.54, 1.807) is 25.1 Å². The van der Waals surface area contributed by atoms with Crippen LogP contribution in [0.2, 0.25) is 5.02 Å². The minimum Gasteiger partial charge on any atom is -0.466 e. The molecule has 0 saturated carbocycles. The summed E-state index contributed by atoms with van der Waals surface area (Å²) in [6, 6.07) is 7.22. The molecule has 0 aliphatic carbocycles. The van der Waals surface area contributed by atoms with Gasteiger partial charge in [-0.25, -0.2) is 4.79 Å². The summed E-state index contributed by atoms with van der Waals surface area (Å²) in [5.74, 6) is 5.24. The van der Waals surface area contributed by atoms with Crippen LogP contribution in [-0.4, -0.2) is 13.1 Å². The van der Waals surface area contributed by atoms with Gasteiger partial charge in [-0.1, -0.05) is 29.7 Å². The van der Waals surface area contributed by atoms with Crippen molar-refractivity contribution in [3.8, 4) is 11.8 Å². The van der Waals surface area contributed by atoms with Crippen LogP contribution in [0.4, 0.5) is 0 Å². The van der Waals surface area contributed by atoms with Gasteiger partial charge >= 0.3 is 5.97 Å². The molecule has 1 aromatic carbocycles. The van der Waals surface area contributed by atoms with E-state index in [1.165, 1.54) is 7.11 Å². The highest BCUT2D eigenvalue weighted by Crippen LogP contribution is 2.14. The predicted octanol–water partition coefficient (Wildman–Crippen LogP) is 3.31. The van der Waals surface area contributed by atoms with Gasteiger partial charge in [0.2, 0.25) is 0 Å². The van der Waals surface area contributed by atoms with Gasteiger partial charge in [-0.2, -0.15) is 0 Å². The first-order valence-corrected chi connectivity index (χ1v) is 5.49. The molecular formula is C14H13ClO2. The molecule has 0 fully saturated rings. The van der Waals surface area contributed by atoms with Gasteiger partial charge in [0.05, 0.1) is 7.11 Å². The van der Waals surface area contributed by atoms with Crippen LogP contribution in [0.3, 0.4) is 0 Å². The van der Waals surface area contributed by atoms with Crippen molar-refractivity contribution in [3.63, 3.8) is 0 Å². The standard InChI is InChI=1S/C14H13ClO2/c1-3-4-5-12(14(16)17-2)10-11-6-8-13(15)9-7-11/h6-10H,5H2,1-2H3/b12-10-. The molecule has 0 N–H and O–H groups in total. The molecule has 3 heteroatoms. The third-order valence-electron chi connectivity index (χ3n) is 2.11. The largest absolute Gasteiger partial charge is 0.466 e. The van der Waals surface area contributed by atoms with Crippen LogP contribution in [0.1, 0.15) is 18.9 Å². The van der Waals surface area contributed by atoms with Crippen LogP contribution in [0.5, 0.6) is 0 Å². The van der Waals surface area contributed by atoms with Crippen LogP contribution >= 0.6 is 11.6 Å². The number of carbonyl (C=O) groups is 1. The molecular weight excluding hydrogens is 236 g/mol. The predicted molar refractivity (Wildman–Crippen MR) is 69.5 cm³/mol. The number of ether oxygens (including phenoxy) is 1. The van der Waals surface area contributed by atoms with Crippen molar-refractivity contribution in [2.75, 3.05) is 7.11 Å². The molecule has 0 unspecified atom stereocenters. The monoisotopic (exact) mass is 248 g/mol. The Morgan fingerprint density at radius 2 is 2.06 bits per heavy atom.